The van der Waals surface area contributed by atoms with Crippen LogP contribution < -0.4 is 15.4 Å². The van der Waals surface area contributed by atoms with Gasteiger partial charge in [-0.05, 0) is 17.7 Å². The summed E-state index contributed by atoms with van der Waals surface area (Å²) >= 11 is 0. The minimum Gasteiger partial charge on any atom is -0.497 e. The normalized spacial score (nSPS) is 18.3. The Labute approximate surface area is 121 Å². The molecule has 1 aliphatic heterocycles. The van der Waals surface area contributed by atoms with Crippen molar-refractivity contribution in [2.75, 3.05) is 20.2 Å². The first kappa shape index (κ1) is 13.6. The van der Waals surface area contributed by atoms with E-state index in [0.29, 0.717) is 24.7 Å². The Hall–Kier alpha value is -2.41. The van der Waals surface area contributed by atoms with Crippen LogP contribution in [0.25, 0.3) is 0 Å². The third kappa shape index (κ3) is 3.19. The van der Waals surface area contributed by atoms with Crippen LogP contribution in [0.15, 0.2) is 28.8 Å². The second-order valence-corrected chi connectivity index (χ2v) is 4.81. The van der Waals surface area contributed by atoms with Crippen LogP contribution in [-0.4, -0.2) is 36.2 Å². The van der Waals surface area contributed by atoms with Gasteiger partial charge in [-0.2, -0.15) is 4.98 Å². The van der Waals surface area contributed by atoms with E-state index in [-0.39, 0.29) is 18.5 Å². The summed E-state index contributed by atoms with van der Waals surface area (Å²) in [4.78, 5) is 15.5. The molecule has 0 aliphatic carbocycles. The monoisotopic (exact) mass is 288 g/mol. The Morgan fingerprint density at radius 2 is 2.19 bits per heavy atom. The largest absolute Gasteiger partial charge is 0.497 e. The maximum atomic E-state index is 11.1. The number of amides is 1. The molecule has 7 heteroatoms. The molecule has 7 nitrogen and oxygen atoms in total. The number of nitrogens with zero attached hydrogens (tertiary/aromatic N) is 2. The molecule has 0 radical (unpaired) electrons. The van der Waals surface area contributed by atoms with Gasteiger partial charge in [-0.25, -0.2) is 0 Å². The molecule has 21 heavy (non-hydrogen) atoms. The number of aromatic nitrogens is 2. The molecule has 2 heterocycles. The lowest BCUT2D eigenvalue weighted by Crippen LogP contribution is -2.47. The number of carbonyl (C=O) groups is 1. The number of rotatable bonds is 4. The summed E-state index contributed by atoms with van der Waals surface area (Å²) in [6.07, 6.45) is 0.590. The van der Waals surface area contributed by atoms with E-state index in [1.807, 2.05) is 24.3 Å². The maximum absolute atomic E-state index is 11.1. The first-order valence-electron chi connectivity index (χ1n) is 6.70. The lowest BCUT2D eigenvalue weighted by molar-refractivity contribution is -0.121. The van der Waals surface area contributed by atoms with Crippen molar-refractivity contribution in [1.82, 2.24) is 20.8 Å². The van der Waals surface area contributed by atoms with Crippen molar-refractivity contribution in [3.63, 3.8) is 0 Å². The Balaban J connectivity index is 1.65. The van der Waals surface area contributed by atoms with Gasteiger partial charge in [-0.15, -0.1) is 0 Å². The Morgan fingerprint density at radius 3 is 2.86 bits per heavy atom. The zero-order chi connectivity index (χ0) is 14.7. The molecule has 0 bridgehead atoms. The van der Waals surface area contributed by atoms with Crippen LogP contribution in [-0.2, 0) is 11.2 Å². The van der Waals surface area contributed by atoms with E-state index in [1.165, 1.54) is 0 Å². The number of benzene rings is 1. The fourth-order valence-corrected chi connectivity index (χ4v) is 2.15. The summed E-state index contributed by atoms with van der Waals surface area (Å²) in [6.45, 7) is 0.726. The highest BCUT2D eigenvalue weighted by molar-refractivity contribution is 5.78. The van der Waals surface area contributed by atoms with Crippen molar-refractivity contribution < 1.29 is 14.1 Å². The zero-order valence-electron chi connectivity index (χ0n) is 11.6. The van der Waals surface area contributed by atoms with E-state index in [1.54, 1.807) is 7.11 Å². The van der Waals surface area contributed by atoms with Crippen LogP contribution in [0.5, 0.6) is 5.75 Å². The predicted molar refractivity (Wildman–Crippen MR) is 73.9 cm³/mol. The molecule has 0 saturated carbocycles. The SMILES string of the molecule is COc1ccc(Cc2noc(C3CNC(=O)CN3)n2)cc1. The predicted octanol–water partition coefficient (Wildman–Crippen LogP) is 0.429. The summed E-state index contributed by atoms with van der Waals surface area (Å²) in [5.74, 6) is 1.91. The van der Waals surface area contributed by atoms with Gasteiger partial charge in [0.25, 0.3) is 0 Å². The topological polar surface area (TPSA) is 89.3 Å². The molecular weight excluding hydrogens is 272 g/mol. The van der Waals surface area contributed by atoms with E-state index in [2.05, 4.69) is 20.8 Å². The summed E-state index contributed by atoms with van der Waals surface area (Å²) in [5, 5.41) is 9.79. The average molecular weight is 288 g/mol. The highest BCUT2D eigenvalue weighted by Gasteiger charge is 2.23. The first-order chi connectivity index (χ1) is 10.2. The highest BCUT2D eigenvalue weighted by atomic mass is 16.5. The molecule has 1 aromatic heterocycles. The van der Waals surface area contributed by atoms with Crippen molar-refractivity contribution in [1.29, 1.82) is 0 Å². The first-order valence-corrected chi connectivity index (χ1v) is 6.70. The lowest BCUT2D eigenvalue weighted by atomic mass is 10.1. The average Bonchev–Trinajstić information content (AvgIpc) is 2.97. The van der Waals surface area contributed by atoms with Gasteiger partial charge < -0.3 is 14.6 Å². The Morgan fingerprint density at radius 1 is 1.38 bits per heavy atom. The molecule has 0 spiro atoms. The molecule has 1 atom stereocenters. The third-order valence-corrected chi connectivity index (χ3v) is 3.32. The van der Waals surface area contributed by atoms with Gasteiger partial charge in [-0.1, -0.05) is 17.3 Å². The maximum Gasteiger partial charge on any atom is 0.245 e. The second-order valence-electron chi connectivity index (χ2n) is 4.81. The summed E-state index contributed by atoms with van der Waals surface area (Å²) in [5.41, 5.74) is 1.08. The van der Waals surface area contributed by atoms with Gasteiger partial charge in [0.05, 0.1) is 13.7 Å². The summed E-state index contributed by atoms with van der Waals surface area (Å²) < 4.78 is 10.4. The number of methoxy groups -OCH3 is 1. The van der Waals surface area contributed by atoms with Crippen LogP contribution in [0.2, 0.25) is 0 Å². The fourth-order valence-electron chi connectivity index (χ4n) is 2.15. The van der Waals surface area contributed by atoms with E-state index in [0.717, 1.165) is 11.3 Å². The molecule has 2 aromatic rings. The quantitative estimate of drug-likeness (QED) is 0.848. The van der Waals surface area contributed by atoms with Crippen molar-refractivity contribution in [2.24, 2.45) is 0 Å². The summed E-state index contributed by atoms with van der Waals surface area (Å²) in [6, 6.07) is 7.60. The standard InChI is InChI=1S/C14H16N4O3/c1-20-10-4-2-9(3-5-10)6-12-17-14(21-18-12)11-7-16-13(19)8-15-11/h2-5,11,15H,6-8H2,1H3,(H,16,19). The molecule has 1 saturated heterocycles. The number of carbonyl (C=O) groups excluding carboxylic acids is 1. The number of hydrogen-bond acceptors (Lipinski definition) is 6. The smallest absolute Gasteiger partial charge is 0.245 e. The molecule has 3 rings (SSSR count). The van der Waals surface area contributed by atoms with E-state index < -0.39 is 0 Å². The zero-order valence-corrected chi connectivity index (χ0v) is 11.6. The van der Waals surface area contributed by atoms with Gasteiger partial charge in [0.15, 0.2) is 5.82 Å². The van der Waals surface area contributed by atoms with Crippen LogP contribution in [0, 0.1) is 0 Å². The second kappa shape index (κ2) is 5.92. The summed E-state index contributed by atoms with van der Waals surface area (Å²) in [7, 11) is 1.64. The molecule has 2 N–H and O–H groups in total. The van der Waals surface area contributed by atoms with E-state index >= 15 is 0 Å². The number of ether oxygens (including phenoxy) is 1. The van der Waals surface area contributed by atoms with Crippen LogP contribution in [0.4, 0.5) is 0 Å². The van der Waals surface area contributed by atoms with Gasteiger partial charge in [0.1, 0.15) is 11.8 Å². The molecule has 1 unspecified atom stereocenters. The van der Waals surface area contributed by atoms with Crippen LogP contribution in [0.3, 0.4) is 0 Å². The number of hydrogen-bond donors (Lipinski definition) is 2. The molecule has 1 aromatic carbocycles. The molecule has 1 aliphatic rings. The molecular formula is C14H16N4O3. The van der Waals surface area contributed by atoms with Gasteiger partial charge in [0, 0.05) is 13.0 Å². The van der Waals surface area contributed by atoms with E-state index in [9.17, 15) is 4.79 Å². The van der Waals surface area contributed by atoms with Gasteiger partial charge in [0.2, 0.25) is 11.8 Å². The molecule has 110 valence electrons. The third-order valence-electron chi connectivity index (χ3n) is 3.32. The van der Waals surface area contributed by atoms with Crippen molar-refractivity contribution >= 4 is 5.91 Å². The fraction of sp³-hybridized carbons (Fsp3) is 0.357. The Bertz CT molecular complexity index is 613. The van der Waals surface area contributed by atoms with Crippen LogP contribution >= 0.6 is 0 Å². The van der Waals surface area contributed by atoms with Gasteiger partial charge >= 0.3 is 0 Å². The van der Waals surface area contributed by atoms with Gasteiger partial charge in [-0.3, -0.25) is 10.1 Å². The Kier molecular flexibility index (Phi) is 3.83. The van der Waals surface area contributed by atoms with Crippen molar-refractivity contribution in [2.45, 2.75) is 12.5 Å². The minimum absolute atomic E-state index is 0.0239. The molecule has 1 amide bonds. The molecule has 1 fully saturated rings. The van der Waals surface area contributed by atoms with E-state index in [4.69, 9.17) is 9.26 Å². The number of nitrogens with one attached hydrogen (secondary N) is 2. The highest BCUT2D eigenvalue weighted by Crippen LogP contribution is 2.16. The lowest BCUT2D eigenvalue weighted by Gasteiger charge is -2.20. The number of piperazine rings is 1. The van der Waals surface area contributed by atoms with Crippen LogP contribution in [0.1, 0.15) is 23.3 Å². The van der Waals surface area contributed by atoms with Crippen molar-refractivity contribution in [3.05, 3.63) is 41.5 Å². The minimum atomic E-state index is -0.125. The van der Waals surface area contributed by atoms with Crippen molar-refractivity contribution in [3.8, 4) is 5.75 Å².